The van der Waals surface area contributed by atoms with E-state index in [2.05, 4.69) is 10.3 Å². The van der Waals surface area contributed by atoms with Crippen molar-refractivity contribution in [3.63, 3.8) is 0 Å². The Morgan fingerprint density at radius 1 is 1.16 bits per heavy atom. The number of carbonyl (C=O) groups excluding carboxylic acids is 1. The standard InChI is InChI=1S/C21H14ClF2N3O2S2/c22-13-3-6-16(15(24)9-13)25-18(28)11-31-21-26-17-7-8-30-19(17)20(29)27(21)10-12-1-4-14(23)5-2-12/h1-9H,10-11H2,(H,25,28). The lowest BCUT2D eigenvalue weighted by atomic mass is 10.2. The second-order valence-electron chi connectivity index (χ2n) is 6.51. The van der Waals surface area contributed by atoms with Crippen LogP contribution in [0.15, 0.2) is 63.9 Å². The highest BCUT2D eigenvalue weighted by Crippen LogP contribution is 2.23. The van der Waals surface area contributed by atoms with Crippen molar-refractivity contribution in [3.8, 4) is 0 Å². The molecule has 0 spiro atoms. The monoisotopic (exact) mass is 477 g/mol. The normalized spacial score (nSPS) is 11.1. The number of rotatable bonds is 6. The molecular formula is C21H14ClF2N3O2S2. The highest BCUT2D eigenvalue weighted by Gasteiger charge is 2.15. The van der Waals surface area contributed by atoms with Crippen molar-refractivity contribution >= 4 is 56.5 Å². The van der Waals surface area contributed by atoms with Crippen molar-refractivity contribution in [2.24, 2.45) is 0 Å². The largest absolute Gasteiger partial charge is 0.323 e. The Morgan fingerprint density at radius 2 is 1.94 bits per heavy atom. The third kappa shape index (κ3) is 4.95. The molecular weight excluding hydrogens is 464 g/mol. The highest BCUT2D eigenvalue weighted by molar-refractivity contribution is 7.99. The zero-order valence-electron chi connectivity index (χ0n) is 15.8. The minimum absolute atomic E-state index is 0.0138. The van der Waals surface area contributed by atoms with Crippen LogP contribution in [-0.4, -0.2) is 21.2 Å². The highest BCUT2D eigenvalue weighted by atomic mass is 35.5. The maximum absolute atomic E-state index is 13.9. The zero-order chi connectivity index (χ0) is 22.0. The molecule has 0 saturated heterocycles. The summed E-state index contributed by atoms with van der Waals surface area (Å²) in [6.07, 6.45) is 0. The number of nitrogens with zero attached hydrogens (tertiary/aromatic N) is 2. The van der Waals surface area contributed by atoms with E-state index in [1.807, 2.05) is 0 Å². The molecule has 0 atom stereocenters. The predicted octanol–water partition coefficient (Wildman–Crippen LogP) is 5.17. The number of carbonyl (C=O) groups is 1. The second kappa shape index (κ2) is 9.17. The summed E-state index contributed by atoms with van der Waals surface area (Å²) in [5, 5.41) is 4.82. The van der Waals surface area contributed by atoms with E-state index >= 15 is 0 Å². The van der Waals surface area contributed by atoms with Crippen molar-refractivity contribution in [2.75, 3.05) is 11.1 Å². The molecule has 1 N–H and O–H groups in total. The van der Waals surface area contributed by atoms with E-state index in [1.54, 1.807) is 23.6 Å². The van der Waals surface area contributed by atoms with E-state index < -0.39 is 11.7 Å². The van der Waals surface area contributed by atoms with Gasteiger partial charge in [0.05, 0.1) is 23.5 Å². The van der Waals surface area contributed by atoms with Gasteiger partial charge < -0.3 is 5.32 Å². The van der Waals surface area contributed by atoms with Crippen LogP contribution in [0.2, 0.25) is 5.02 Å². The topological polar surface area (TPSA) is 64.0 Å². The van der Waals surface area contributed by atoms with E-state index in [9.17, 15) is 18.4 Å². The van der Waals surface area contributed by atoms with Gasteiger partial charge >= 0.3 is 0 Å². The van der Waals surface area contributed by atoms with E-state index in [0.717, 1.165) is 23.4 Å². The first-order valence-corrected chi connectivity index (χ1v) is 11.3. The number of hydrogen-bond donors (Lipinski definition) is 1. The Morgan fingerprint density at radius 3 is 2.68 bits per heavy atom. The number of thiophene rings is 1. The minimum atomic E-state index is -0.642. The molecule has 5 nitrogen and oxygen atoms in total. The van der Waals surface area contributed by atoms with Gasteiger partial charge in [-0.15, -0.1) is 11.3 Å². The number of aromatic nitrogens is 2. The van der Waals surface area contributed by atoms with Crippen LogP contribution in [0.1, 0.15) is 5.56 Å². The fourth-order valence-corrected chi connectivity index (χ4v) is 4.59. The molecule has 31 heavy (non-hydrogen) atoms. The maximum Gasteiger partial charge on any atom is 0.272 e. The molecule has 0 aliphatic rings. The number of amides is 1. The van der Waals surface area contributed by atoms with E-state index in [1.165, 1.54) is 40.2 Å². The Balaban J connectivity index is 1.57. The van der Waals surface area contributed by atoms with E-state index in [4.69, 9.17) is 11.6 Å². The summed E-state index contributed by atoms with van der Waals surface area (Å²) in [5.74, 6) is -1.56. The van der Waals surface area contributed by atoms with Gasteiger partial charge in [0.25, 0.3) is 5.56 Å². The molecule has 0 fully saturated rings. The minimum Gasteiger partial charge on any atom is -0.323 e. The molecule has 0 aliphatic heterocycles. The summed E-state index contributed by atoms with van der Waals surface area (Å²) in [6.45, 7) is 0.176. The SMILES string of the molecule is O=C(CSc1nc2ccsc2c(=O)n1Cc1ccc(F)cc1)Nc1ccc(Cl)cc1F. The molecule has 0 bridgehead atoms. The predicted molar refractivity (Wildman–Crippen MR) is 120 cm³/mol. The Labute approximate surface area is 188 Å². The summed E-state index contributed by atoms with van der Waals surface area (Å²) < 4.78 is 29.1. The lowest BCUT2D eigenvalue weighted by molar-refractivity contribution is -0.113. The van der Waals surface area contributed by atoms with Gasteiger partial charge in [0.1, 0.15) is 16.3 Å². The summed E-state index contributed by atoms with van der Waals surface area (Å²) in [5.41, 5.74) is 1.03. The molecule has 2 heterocycles. The van der Waals surface area contributed by atoms with Gasteiger partial charge in [-0.2, -0.15) is 0 Å². The average molecular weight is 478 g/mol. The number of anilines is 1. The number of hydrogen-bond acceptors (Lipinski definition) is 5. The fourth-order valence-electron chi connectivity index (χ4n) is 2.85. The third-order valence-electron chi connectivity index (χ3n) is 4.32. The van der Waals surface area contributed by atoms with Gasteiger partial charge in [-0.05, 0) is 47.3 Å². The summed E-state index contributed by atoms with van der Waals surface area (Å²) in [7, 11) is 0. The first-order chi connectivity index (χ1) is 14.9. The second-order valence-corrected chi connectivity index (χ2v) is 8.80. The van der Waals surface area contributed by atoms with Gasteiger partial charge in [-0.1, -0.05) is 35.5 Å². The van der Waals surface area contributed by atoms with Gasteiger partial charge in [-0.25, -0.2) is 13.8 Å². The first kappa shape index (κ1) is 21.5. The van der Waals surface area contributed by atoms with Crippen LogP contribution >= 0.6 is 34.7 Å². The molecule has 0 unspecified atom stereocenters. The quantitative estimate of drug-likeness (QED) is 0.307. The molecule has 4 rings (SSSR count). The lowest BCUT2D eigenvalue weighted by Gasteiger charge is -2.12. The summed E-state index contributed by atoms with van der Waals surface area (Å²) in [4.78, 5) is 29.8. The van der Waals surface area contributed by atoms with Crippen LogP contribution in [0.5, 0.6) is 0 Å². The molecule has 0 radical (unpaired) electrons. The third-order valence-corrected chi connectivity index (χ3v) is 6.43. The van der Waals surface area contributed by atoms with Crippen LogP contribution in [0.25, 0.3) is 10.2 Å². The molecule has 0 aliphatic carbocycles. The van der Waals surface area contributed by atoms with Crippen molar-refractivity contribution in [3.05, 3.63) is 86.5 Å². The van der Waals surface area contributed by atoms with Gasteiger partial charge in [-0.3, -0.25) is 14.2 Å². The van der Waals surface area contributed by atoms with Gasteiger partial charge in [0.2, 0.25) is 5.91 Å². The summed E-state index contributed by atoms with van der Waals surface area (Å²) >= 11 is 8.06. The fraction of sp³-hybridized carbons (Fsp3) is 0.0952. The number of halogens is 3. The molecule has 0 saturated carbocycles. The van der Waals surface area contributed by atoms with Crippen LogP contribution in [-0.2, 0) is 11.3 Å². The van der Waals surface area contributed by atoms with E-state index in [0.29, 0.717) is 15.4 Å². The van der Waals surface area contributed by atoms with Crippen LogP contribution in [0, 0.1) is 11.6 Å². The molecule has 2 aromatic heterocycles. The summed E-state index contributed by atoms with van der Waals surface area (Å²) in [6, 6.07) is 11.5. The van der Waals surface area contributed by atoms with Gasteiger partial charge in [0.15, 0.2) is 5.16 Å². The molecule has 10 heteroatoms. The molecule has 4 aromatic rings. The Bertz CT molecular complexity index is 1320. The number of fused-ring (bicyclic) bond motifs is 1. The molecule has 2 aromatic carbocycles. The Hall–Kier alpha value is -2.75. The van der Waals surface area contributed by atoms with Crippen molar-refractivity contribution < 1.29 is 13.6 Å². The van der Waals surface area contributed by atoms with Crippen LogP contribution in [0.3, 0.4) is 0 Å². The maximum atomic E-state index is 13.9. The zero-order valence-corrected chi connectivity index (χ0v) is 18.2. The first-order valence-electron chi connectivity index (χ1n) is 9.01. The number of thioether (sulfide) groups is 1. The molecule has 158 valence electrons. The molecule has 1 amide bonds. The smallest absolute Gasteiger partial charge is 0.272 e. The van der Waals surface area contributed by atoms with Crippen LogP contribution in [0.4, 0.5) is 14.5 Å². The van der Waals surface area contributed by atoms with Crippen molar-refractivity contribution in [1.29, 1.82) is 0 Å². The number of benzene rings is 2. The lowest BCUT2D eigenvalue weighted by Crippen LogP contribution is -2.24. The van der Waals surface area contributed by atoms with E-state index in [-0.39, 0.29) is 34.4 Å². The van der Waals surface area contributed by atoms with Crippen molar-refractivity contribution in [1.82, 2.24) is 9.55 Å². The van der Waals surface area contributed by atoms with Gasteiger partial charge in [0, 0.05) is 5.02 Å². The van der Waals surface area contributed by atoms with Crippen LogP contribution < -0.4 is 10.9 Å². The average Bonchev–Trinajstić information content (AvgIpc) is 3.21. The number of nitrogens with one attached hydrogen (secondary N) is 1. The Kier molecular flexibility index (Phi) is 6.35. The van der Waals surface area contributed by atoms with Crippen molar-refractivity contribution in [2.45, 2.75) is 11.7 Å².